The normalized spacial score (nSPS) is 17.9. The molecule has 5 nitrogen and oxygen atoms in total. The van der Waals surface area contributed by atoms with Crippen molar-refractivity contribution in [2.24, 2.45) is 0 Å². The van der Waals surface area contributed by atoms with Crippen molar-refractivity contribution in [3.63, 3.8) is 0 Å². The van der Waals surface area contributed by atoms with Crippen LogP contribution in [0.4, 0.5) is 0 Å². The van der Waals surface area contributed by atoms with E-state index < -0.39 is 12.0 Å². The highest BCUT2D eigenvalue weighted by Gasteiger charge is 2.35. The number of aliphatic carboxylic acids is 1. The number of benzene rings is 2. The predicted octanol–water partition coefficient (Wildman–Crippen LogP) is 2.81. The summed E-state index contributed by atoms with van der Waals surface area (Å²) in [7, 11) is 0. The maximum Gasteiger partial charge on any atom is 0.305 e. The number of nitrogens with zero attached hydrogens (tertiary/aromatic N) is 2. The Morgan fingerprint density at radius 2 is 1.59 bits per heavy atom. The van der Waals surface area contributed by atoms with Crippen molar-refractivity contribution in [1.82, 2.24) is 9.80 Å². The third-order valence-corrected chi connectivity index (χ3v) is 5.03. The van der Waals surface area contributed by atoms with E-state index in [0.717, 1.165) is 18.4 Å². The second-order valence-electron chi connectivity index (χ2n) is 6.98. The molecule has 0 bridgehead atoms. The molecule has 142 valence electrons. The van der Waals surface area contributed by atoms with Crippen molar-refractivity contribution in [2.45, 2.75) is 31.8 Å². The zero-order valence-electron chi connectivity index (χ0n) is 15.5. The lowest BCUT2D eigenvalue weighted by atomic mass is 10.0. The number of carboxylic acids is 1. The Morgan fingerprint density at radius 3 is 2.22 bits per heavy atom. The summed E-state index contributed by atoms with van der Waals surface area (Å²) >= 11 is 0. The van der Waals surface area contributed by atoms with Gasteiger partial charge in [0, 0.05) is 26.2 Å². The van der Waals surface area contributed by atoms with Gasteiger partial charge in [-0.25, -0.2) is 0 Å². The van der Waals surface area contributed by atoms with Gasteiger partial charge in [0.05, 0.1) is 6.42 Å². The third-order valence-electron chi connectivity index (χ3n) is 5.03. The molecule has 0 spiro atoms. The van der Waals surface area contributed by atoms with Crippen LogP contribution in [0, 0.1) is 0 Å². The second kappa shape index (κ2) is 9.33. The van der Waals surface area contributed by atoms with Crippen LogP contribution in [0.15, 0.2) is 60.7 Å². The number of piperazine rings is 1. The average molecular weight is 366 g/mol. The van der Waals surface area contributed by atoms with Crippen LogP contribution in [0.3, 0.4) is 0 Å². The van der Waals surface area contributed by atoms with Gasteiger partial charge in [-0.15, -0.1) is 0 Å². The zero-order valence-corrected chi connectivity index (χ0v) is 15.5. The SMILES string of the molecule is O=C(O)CC1C(=O)N(CCCc2ccccc2)CCN1Cc1ccccc1. The molecule has 2 aromatic rings. The Morgan fingerprint density at radius 1 is 0.963 bits per heavy atom. The molecule has 0 saturated carbocycles. The molecule has 0 aromatic heterocycles. The smallest absolute Gasteiger partial charge is 0.305 e. The Bertz CT molecular complexity index is 749. The molecule has 1 aliphatic rings. The average Bonchev–Trinajstić information content (AvgIpc) is 2.68. The monoisotopic (exact) mass is 366 g/mol. The molecular formula is C22H26N2O3. The van der Waals surface area contributed by atoms with Crippen LogP contribution in [0.5, 0.6) is 0 Å². The maximum atomic E-state index is 12.9. The standard InChI is InChI=1S/C22H26N2O3/c25-21(26)16-20-22(27)23(13-7-12-18-8-3-1-4-9-18)14-15-24(20)17-19-10-5-2-6-11-19/h1-6,8-11,20H,7,12-17H2,(H,25,26). The molecule has 2 aromatic carbocycles. The van der Waals surface area contributed by atoms with Crippen molar-refractivity contribution in [3.8, 4) is 0 Å². The van der Waals surface area contributed by atoms with Crippen molar-refractivity contribution in [2.75, 3.05) is 19.6 Å². The molecule has 3 rings (SSSR count). The first-order valence-corrected chi connectivity index (χ1v) is 9.46. The lowest BCUT2D eigenvalue weighted by Crippen LogP contribution is -2.57. The van der Waals surface area contributed by atoms with Gasteiger partial charge < -0.3 is 10.0 Å². The molecule has 1 amide bonds. The Balaban J connectivity index is 1.60. The van der Waals surface area contributed by atoms with Gasteiger partial charge in [0.2, 0.25) is 5.91 Å². The van der Waals surface area contributed by atoms with Crippen LogP contribution in [-0.4, -0.2) is 52.5 Å². The van der Waals surface area contributed by atoms with Crippen molar-refractivity contribution in [1.29, 1.82) is 0 Å². The molecule has 0 radical (unpaired) electrons. The van der Waals surface area contributed by atoms with Crippen LogP contribution in [0.25, 0.3) is 0 Å². The number of aryl methyl sites for hydroxylation is 1. The second-order valence-corrected chi connectivity index (χ2v) is 6.98. The van der Waals surface area contributed by atoms with E-state index in [1.165, 1.54) is 5.56 Å². The van der Waals surface area contributed by atoms with Crippen molar-refractivity contribution in [3.05, 3.63) is 71.8 Å². The molecule has 5 heteroatoms. The fraction of sp³-hybridized carbons (Fsp3) is 0.364. The molecule has 1 N–H and O–H groups in total. The van der Waals surface area contributed by atoms with E-state index in [-0.39, 0.29) is 12.3 Å². The van der Waals surface area contributed by atoms with Gasteiger partial charge in [-0.3, -0.25) is 14.5 Å². The van der Waals surface area contributed by atoms with Crippen LogP contribution in [0.2, 0.25) is 0 Å². The number of hydrogen-bond donors (Lipinski definition) is 1. The first-order valence-electron chi connectivity index (χ1n) is 9.46. The van der Waals surface area contributed by atoms with E-state index >= 15 is 0 Å². The first kappa shape index (κ1) is 19.1. The van der Waals surface area contributed by atoms with Gasteiger partial charge in [-0.1, -0.05) is 60.7 Å². The van der Waals surface area contributed by atoms with Gasteiger partial charge in [0.15, 0.2) is 0 Å². The highest BCUT2D eigenvalue weighted by Crippen LogP contribution is 2.19. The minimum absolute atomic E-state index is 0.0624. The Kier molecular flexibility index (Phi) is 6.60. The van der Waals surface area contributed by atoms with Crippen molar-refractivity contribution < 1.29 is 14.7 Å². The zero-order chi connectivity index (χ0) is 19.1. The number of amides is 1. The van der Waals surface area contributed by atoms with Gasteiger partial charge >= 0.3 is 5.97 Å². The summed E-state index contributed by atoms with van der Waals surface area (Å²) in [5, 5.41) is 9.28. The minimum atomic E-state index is -0.933. The quantitative estimate of drug-likeness (QED) is 0.780. The molecular weight excluding hydrogens is 340 g/mol. The molecule has 1 heterocycles. The first-order chi connectivity index (χ1) is 13.1. The van der Waals surface area contributed by atoms with E-state index in [0.29, 0.717) is 26.2 Å². The summed E-state index contributed by atoms with van der Waals surface area (Å²) < 4.78 is 0. The summed E-state index contributed by atoms with van der Waals surface area (Å²) in [6.07, 6.45) is 1.65. The lowest BCUT2D eigenvalue weighted by Gasteiger charge is -2.40. The Labute approximate surface area is 160 Å². The molecule has 0 aliphatic carbocycles. The van der Waals surface area contributed by atoms with Gasteiger partial charge in [-0.2, -0.15) is 0 Å². The van der Waals surface area contributed by atoms with E-state index in [4.69, 9.17) is 0 Å². The number of carboxylic acid groups (broad SMARTS) is 1. The summed E-state index contributed by atoms with van der Waals surface area (Å²) in [4.78, 5) is 28.1. The topological polar surface area (TPSA) is 60.9 Å². The van der Waals surface area contributed by atoms with Crippen LogP contribution >= 0.6 is 0 Å². The van der Waals surface area contributed by atoms with Gasteiger partial charge in [-0.05, 0) is 24.0 Å². The molecule has 1 saturated heterocycles. The summed E-state index contributed by atoms with van der Waals surface area (Å²) in [5.41, 5.74) is 2.35. The lowest BCUT2D eigenvalue weighted by molar-refractivity contribution is -0.149. The van der Waals surface area contributed by atoms with E-state index in [1.54, 1.807) is 0 Å². The predicted molar refractivity (Wildman–Crippen MR) is 104 cm³/mol. The molecule has 1 aliphatic heterocycles. The fourth-order valence-electron chi connectivity index (χ4n) is 3.61. The third kappa shape index (κ3) is 5.41. The van der Waals surface area contributed by atoms with Crippen molar-refractivity contribution >= 4 is 11.9 Å². The van der Waals surface area contributed by atoms with Gasteiger partial charge in [0.1, 0.15) is 6.04 Å². The number of carbonyl (C=O) groups is 2. The van der Waals surface area contributed by atoms with Crippen LogP contribution < -0.4 is 0 Å². The molecule has 1 atom stereocenters. The van der Waals surface area contributed by atoms with E-state index in [1.807, 2.05) is 58.3 Å². The molecule has 1 fully saturated rings. The highest BCUT2D eigenvalue weighted by atomic mass is 16.4. The summed E-state index contributed by atoms with van der Waals surface area (Å²) in [5.74, 6) is -0.995. The fourth-order valence-corrected chi connectivity index (χ4v) is 3.61. The number of hydrogen-bond acceptors (Lipinski definition) is 3. The molecule has 27 heavy (non-hydrogen) atoms. The minimum Gasteiger partial charge on any atom is -0.481 e. The maximum absolute atomic E-state index is 12.9. The summed E-state index contributed by atoms with van der Waals surface area (Å²) in [6.45, 7) is 2.62. The van der Waals surface area contributed by atoms with Crippen LogP contribution in [0.1, 0.15) is 24.0 Å². The highest BCUT2D eigenvalue weighted by molar-refractivity contribution is 5.86. The molecule has 1 unspecified atom stereocenters. The van der Waals surface area contributed by atoms with Gasteiger partial charge in [0.25, 0.3) is 0 Å². The van der Waals surface area contributed by atoms with Crippen LogP contribution in [-0.2, 0) is 22.6 Å². The van der Waals surface area contributed by atoms with E-state index in [2.05, 4.69) is 12.1 Å². The largest absolute Gasteiger partial charge is 0.481 e. The van der Waals surface area contributed by atoms with E-state index in [9.17, 15) is 14.7 Å². The summed E-state index contributed by atoms with van der Waals surface area (Å²) in [6, 6.07) is 19.5. The number of carbonyl (C=O) groups excluding carboxylic acids is 1. The number of rotatable bonds is 8. The Hall–Kier alpha value is -2.66.